The van der Waals surface area contributed by atoms with Crippen LogP contribution in [0.25, 0.3) is 0 Å². The second-order valence-electron chi connectivity index (χ2n) is 1.94. The molecule has 1 amide bonds. The maximum atomic E-state index is 10.5. The van der Waals surface area contributed by atoms with Crippen LogP contribution in [0.5, 0.6) is 0 Å². The molecule has 0 aromatic rings. The van der Waals surface area contributed by atoms with Crippen molar-refractivity contribution in [3.05, 3.63) is 0 Å². The van der Waals surface area contributed by atoms with Crippen molar-refractivity contribution in [3.8, 4) is 0 Å². The Kier molecular flexibility index (Phi) is 4.06. The van der Waals surface area contributed by atoms with Crippen molar-refractivity contribution in [2.45, 2.75) is 11.8 Å². The van der Waals surface area contributed by atoms with Gasteiger partial charge in [0.15, 0.2) is 5.37 Å². The fourth-order valence-electron chi connectivity index (χ4n) is 0.478. The summed E-state index contributed by atoms with van der Waals surface area (Å²) in [7, 11) is -4.37. The molecular formula is C3H10N4O4S. The SMILES string of the molecule is NNC(=O)CC(NN)S(=O)(=O)O. The Morgan fingerprint density at radius 1 is 1.50 bits per heavy atom. The van der Waals surface area contributed by atoms with E-state index in [0.717, 1.165) is 0 Å². The Morgan fingerprint density at radius 3 is 2.25 bits per heavy atom. The van der Waals surface area contributed by atoms with E-state index >= 15 is 0 Å². The standard InChI is InChI=1S/C3H10N4O4S/c4-6-2(8)1-3(7-5)12(9,10)11/h3,7H,1,4-5H2,(H,6,8)(H,9,10,11). The van der Waals surface area contributed by atoms with Crippen LogP contribution in [-0.4, -0.2) is 24.3 Å². The van der Waals surface area contributed by atoms with Gasteiger partial charge in [0.2, 0.25) is 5.91 Å². The zero-order chi connectivity index (χ0) is 9.78. The average Bonchev–Trinajstić information content (AvgIpc) is 1.97. The monoisotopic (exact) mass is 198 g/mol. The van der Waals surface area contributed by atoms with E-state index < -0.39 is 27.8 Å². The van der Waals surface area contributed by atoms with Crippen LogP contribution in [0.1, 0.15) is 6.42 Å². The highest BCUT2D eigenvalue weighted by molar-refractivity contribution is 7.86. The molecule has 0 aromatic carbocycles. The quantitative estimate of drug-likeness (QED) is 0.140. The van der Waals surface area contributed by atoms with E-state index in [2.05, 4.69) is 5.84 Å². The molecule has 0 bridgehead atoms. The summed E-state index contributed by atoms with van der Waals surface area (Å²) in [6.07, 6.45) is -0.550. The summed E-state index contributed by atoms with van der Waals surface area (Å²) in [4.78, 5) is 10.5. The van der Waals surface area contributed by atoms with E-state index in [1.165, 1.54) is 0 Å². The van der Waals surface area contributed by atoms with Gasteiger partial charge >= 0.3 is 0 Å². The molecule has 0 saturated heterocycles. The number of carbonyl (C=O) groups excluding carboxylic acids is 1. The molecule has 8 nitrogen and oxygen atoms in total. The number of hydrogen-bond acceptors (Lipinski definition) is 6. The van der Waals surface area contributed by atoms with Crippen LogP contribution in [0.15, 0.2) is 0 Å². The number of nitrogens with one attached hydrogen (secondary N) is 2. The van der Waals surface area contributed by atoms with E-state index in [0.29, 0.717) is 0 Å². The summed E-state index contributed by atoms with van der Waals surface area (Å²) >= 11 is 0. The van der Waals surface area contributed by atoms with E-state index in [-0.39, 0.29) is 0 Å². The zero-order valence-electron chi connectivity index (χ0n) is 6.02. The van der Waals surface area contributed by atoms with Gasteiger partial charge in [0.05, 0.1) is 6.42 Å². The normalized spacial score (nSPS) is 13.9. The predicted octanol–water partition coefficient (Wildman–Crippen LogP) is -2.96. The molecule has 0 fully saturated rings. The molecule has 0 aliphatic carbocycles. The van der Waals surface area contributed by atoms with Gasteiger partial charge in [0.1, 0.15) is 0 Å². The first kappa shape index (κ1) is 11.3. The molecule has 0 radical (unpaired) electrons. The molecule has 9 heteroatoms. The highest BCUT2D eigenvalue weighted by Gasteiger charge is 2.23. The molecule has 1 unspecified atom stereocenters. The van der Waals surface area contributed by atoms with Crippen LogP contribution in [0.2, 0.25) is 0 Å². The van der Waals surface area contributed by atoms with Gasteiger partial charge in [-0.3, -0.25) is 20.6 Å². The van der Waals surface area contributed by atoms with Crippen molar-refractivity contribution in [2.24, 2.45) is 11.7 Å². The molecule has 0 rings (SSSR count). The average molecular weight is 198 g/mol. The maximum Gasteiger partial charge on any atom is 0.282 e. The lowest BCUT2D eigenvalue weighted by Gasteiger charge is -2.10. The molecule has 0 spiro atoms. The summed E-state index contributed by atoms with van der Waals surface area (Å²) in [5.74, 6) is 8.67. The number of nitrogens with two attached hydrogens (primary N) is 2. The second-order valence-corrected chi connectivity index (χ2v) is 3.54. The Hall–Kier alpha value is -0.740. The van der Waals surface area contributed by atoms with Crippen molar-refractivity contribution in [2.75, 3.05) is 0 Å². The Morgan fingerprint density at radius 2 is 2.00 bits per heavy atom. The lowest BCUT2D eigenvalue weighted by Crippen LogP contribution is -2.45. The van der Waals surface area contributed by atoms with E-state index in [1.54, 1.807) is 10.9 Å². The van der Waals surface area contributed by atoms with Crippen LogP contribution in [0, 0.1) is 0 Å². The van der Waals surface area contributed by atoms with Crippen molar-refractivity contribution in [3.63, 3.8) is 0 Å². The smallest absolute Gasteiger partial charge is 0.282 e. The summed E-state index contributed by atoms with van der Waals surface area (Å²) in [5, 5.41) is -1.54. The summed E-state index contributed by atoms with van der Waals surface area (Å²) < 4.78 is 29.2. The summed E-state index contributed by atoms with van der Waals surface area (Å²) in [5.41, 5.74) is 3.44. The molecule has 0 saturated carbocycles. The van der Waals surface area contributed by atoms with Crippen LogP contribution in [0.4, 0.5) is 0 Å². The first-order chi connectivity index (χ1) is 5.41. The Labute approximate surface area is 69.0 Å². The van der Waals surface area contributed by atoms with E-state index in [1.807, 2.05) is 0 Å². The number of hydrazine groups is 2. The third kappa shape index (κ3) is 3.59. The minimum atomic E-state index is -4.37. The largest absolute Gasteiger partial charge is 0.294 e. The molecule has 0 aromatic heterocycles. The molecule has 0 aliphatic heterocycles. The van der Waals surface area contributed by atoms with Gasteiger partial charge in [0, 0.05) is 0 Å². The third-order valence-corrected chi connectivity index (χ3v) is 2.10. The Balaban J connectivity index is 4.30. The molecule has 0 heterocycles. The molecule has 12 heavy (non-hydrogen) atoms. The fraction of sp³-hybridized carbons (Fsp3) is 0.667. The zero-order valence-corrected chi connectivity index (χ0v) is 6.84. The molecule has 72 valence electrons. The van der Waals surface area contributed by atoms with Gasteiger partial charge in [-0.2, -0.15) is 8.42 Å². The van der Waals surface area contributed by atoms with Gasteiger partial charge in [-0.05, 0) is 0 Å². The Bertz CT molecular complexity index is 249. The topological polar surface area (TPSA) is 148 Å². The first-order valence-corrected chi connectivity index (χ1v) is 4.34. The number of carbonyl (C=O) groups is 1. The van der Waals surface area contributed by atoms with Crippen molar-refractivity contribution >= 4 is 16.0 Å². The first-order valence-electron chi connectivity index (χ1n) is 2.83. The predicted molar refractivity (Wildman–Crippen MR) is 39.6 cm³/mol. The van der Waals surface area contributed by atoms with Crippen LogP contribution < -0.4 is 22.5 Å². The van der Waals surface area contributed by atoms with Crippen LogP contribution in [0.3, 0.4) is 0 Å². The maximum absolute atomic E-state index is 10.5. The van der Waals surface area contributed by atoms with Crippen molar-refractivity contribution < 1.29 is 17.8 Å². The number of rotatable bonds is 4. The van der Waals surface area contributed by atoms with Gasteiger partial charge < -0.3 is 0 Å². The lowest BCUT2D eigenvalue weighted by atomic mass is 10.4. The minimum Gasteiger partial charge on any atom is -0.294 e. The second kappa shape index (κ2) is 4.33. The third-order valence-electron chi connectivity index (χ3n) is 1.08. The fourth-order valence-corrected chi connectivity index (χ4v) is 1.01. The number of amides is 1. The summed E-state index contributed by atoms with van der Waals surface area (Å²) in [6.45, 7) is 0. The molecule has 0 aliphatic rings. The minimum absolute atomic E-state index is 0.550. The van der Waals surface area contributed by atoms with Gasteiger partial charge in [-0.25, -0.2) is 11.3 Å². The lowest BCUT2D eigenvalue weighted by molar-refractivity contribution is -0.121. The van der Waals surface area contributed by atoms with Crippen molar-refractivity contribution in [1.82, 2.24) is 10.9 Å². The van der Waals surface area contributed by atoms with Gasteiger partial charge in [-0.1, -0.05) is 0 Å². The number of hydrogen-bond donors (Lipinski definition) is 5. The van der Waals surface area contributed by atoms with E-state index in [9.17, 15) is 13.2 Å². The molecular weight excluding hydrogens is 188 g/mol. The van der Waals surface area contributed by atoms with Crippen LogP contribution >= 0.6 is 0 Å². The molecule has 7 N–H and O–H groups in total. The summed E-state index contributed by atoms with van der Waals surface area (Å²) in [6, 6.07) is 0. The highest BCUT2D eigenvalue weighted by atomic mass is 32.2. The van der Waals surface area contributed by atoms with E-state index in [4.69, 9.17) is 10.4 Å². The van der Waals surface area contributed by atoms with Crippen molar-refractivity contribution in [1.29, 1.82) is 0 Å². The van der Waals surface area contributed by atoms with Crippen LogP contribution in [-0.2, 0) is 14.9 Å². The molecule has 1 atom stereocenters. The van der Waals surface area contributed by atoms with Gasteiger partial charge in [0.25, 0.3) is 10.1 Å². The van der Waals surface area contributed by atoms with Gasteiger partial charge in [-0.15, -0.1) is 0 Å². The highest BCUT2D eigenvalue weighted by Crippen LogP contribution is 1.98.